The van der Waals surface area contributed by atoms with Crippen molar-refractivity contribution in [2.24, 2.45) is 0 Å². The smallest absolute Gasteiger partial charge is 0.354 e. The van der Waals surface area contributed by atoms with Crippen LogP contribution in [0.25, 0.3) is 0 Å². The second-order valence-corrected chi connectivity index (χ2v) is 4.15. The van der Waals surface area contributed by atoms with Gasteiger partial charge in [0, 0.05) is 0 Å². The average Bonchev–Trinajstić information content (AvgIpc) is 2.41. The largest absolute Gasteiger partial charge is 0.477 e. The first-order valence-corrected chi connectivity index (χ1v) is 5.75. The lowest BCUT2D eigenvalue weighted by Crippen LogP contribution is -2.15. The molecule has 5 nitrogen and oxygen atoms in total. The van der Waals surface area contributed by atoms with E-state index in [1.165, 1.54) is 30.3 Å². The molecule has 0 aliphatic carbocycles. The number of carboxylic acid groups (broad SMARTS) is 1. The van der Waals surface area contributed by atoms with Gasteiger partial charge in [-0.3, -0.25) is 4.79 Å². The zero-order valence-electron chi connectivity index (χ0n) is 10.6. The number of carboxylic acids is 1. The van der Waals surface area contributed by atoms with Crippen LogP contribution in [-0.4, -0.2) is 22.0 Å². The molecule has 0 unspecified atom stereocenters. The number of amides is 1. The maximum atomic E-state index is 13.6. The predicted molar refractivity (Wildman–Crippen MR) is 70.3 cm³/mol. The molecule has 102 valence electrons. The molecule has 0 spiro atoms. The topological polar surface area (TPSA) is 79.3 Å². The van der Waals surface area contributed by atoms with E-state index in [1.807, 2.05) is 0 Å². The first-order chi connectivity index (χ1) is 9.47. The number of benzene rings is 1. The summed E-state index contributed by atoms with van der Waals surface area (Å²) in [6, 6.07) is 8.33. The SMILES string of the molecule is Cc1ccc(F)c(C(=O)Nc2cccc(C(=O)O)n2)c1. The molecule has 0 atom stereocenters. The molecule has 0 aliphatic heterocycles. The Morgan fingerprint density at radius 3 is 2.70 bits per heavy atom. The van der Waals surface area contributed by atoms with Crippen LogP contribution in [0.5, 0.6) is 0 Å². The molecule has 0 bridgehead atoms. The number of aromatic carboxylic acids is 1. The highest BCUT2D eigenvalue weighted by atomic mass is 19.1. The first kappa shape index (κ1) is 13.7. The first-order valence-electron chi connectivity index (χ1n) is 5.75. The third-order valence-electron chi connectivity index (χ3n) is 2.58. The average molecular weight is 274 g/mol. The number of aryl methyl sites for hydroxylation is 1. The molecule has 0 aliphatic rings. The van der Waals surface area contributed by atoms with Crippen molar-refractivity contribution >= 4 is 17.7 Å². The third-order valence-corrected chi connectivity index (χ3v) is 2.58. The summed E-state index contributed by atoms with van der Waals surface area (Å²) in [6.45, 7) is 1.74. The van der Waals surface area contributed by atoms with Crippen molar-refractivity contribution in [2.75, 3.05) is 5.32 Å². The lowest BCUT2D eigenvalue weighted by molar-refractivity contribution is 0.0690. The zero-order chi connectivity index (χ0) is 14.7. The highest BCUT2D eigenvalue weighted by molar-refractivity contribution is 6.04. The maximum absolute atomic E-state index is 13.6. The summed E-state index contributed by atoms with van der Waals surface area (Å²) in [4.78, 5) is 26.4. The Bertz CT molecular complexity index is 686. The number of nitrogens with one attached hydrogen (secondary N) is 1. The lowest BCUT2D eigenvalue weighted by atomic mass is 10.1. The highest BCUT2D eigenvalue weighted by Gasteiger charge is 2.13. The van der Waals surface area contributed by atoms with Gasteiger partial charge < -0.3 is 10.4 Å². The van der Waals surface area contributed by atoms with Gasteiger partial charge in [0.2, 0.25) is 0 Å². The van der Waals surface area contributed by atoms with Crippen LogP contribution in [0.1, 0.15) is 26.4 Å². The zero-order valence-corrected chi connectivity index (χ0v) is 10.6. The number of aromatic nitrogens is 1. The number of carbonyl (C=O) groups is 2. The molecule has 1 amide bonds. The monoisotopic (exact) mass is 274 g/mol. The molecule has 1 aromatic carbocycles. The van der Waals surface area contributed by atoms with Gasteiger partial charge >= 0.3 is 5.97 Å². The van der Waals surface area contributed by atoms with Crippen LogP contribution in [0.3, 0.4) is 0 Å². The molecular weight excluding hydrogens is 263 g/mol. The van der Waals surface area contributed by atoms with Gasteiger partial charge in [0.1, 0.15) is 11.6 Å². The number of rotatable bonds is 3. The Morgan fingerprint density at radius 1 is 1.25 bits per heavy atom. The van der Waals surface area contributed by atoms with E-state index in [0.29, 0.717) is 0 Å². The number of nitrogens with zero attached hydrogens (tertiary/aromatic N) is 1. The molecule has 20 heavy (non-hydrogen) atoms. The van der Waals surface area contributed by atoms with Crippen molar-refractivity contribution < 1.29 is 19.1 Å². The van der Waals surface area contributed by atoms with Crippen LogP contribution < -0.4 is 5.32 Å². The fraction of sp³-hybridized carbons (Fsp3) is 0.0714. The van der Waals surface area contributed by atoms with E-state index in [4.69, 9.17) is 5.11 Å². The van der Waals surface area contributed by atoms with Gasteiger partial charge in [0.25, 0.3) is 5.91 Å². The van der Waals surface area contributed by atoms with Gasteiger partial charge in [-0.2, -0.15) is 0 Å². The van der Waals surface area contributed by atoms with Crippen LogP contribution in [-0.2, 0) is 0 Å². The highest BCUT2D eigenvalue weighted by Crippen LogP contribution is 2.13. The molecule has 1 aromatic heterocycles. The molecule has 1 heterocycles. The Labute approximate surface area is 114 Å². The van der Waals surface area contributed by atoms with Crippen molar-refractivity contribution in [1.29, 1.82) is 0 Å². The minimum Gasteiger partial charge on any atom is -0.477 e. The van der Waals surface area contributed by atoms with Gasteiger partial charge in [-0.25, -0.2) is 14.2 Å². The maximum Gasteiger partial charge on any atom is 0.354 e. The molecule has 2 rings (SSSR count). The molecule has 0 saturated carbocycles. The second kappa shape index (κ2) is 5.48. The van der Waals surface area contributed by atoms with E-state index in [9.17, 15) is 14.0 Å². The predicted octanol–water partition coefficient (Wildman–Crippen LogP) is 2.48. The second-order valence-electron chi connectivity index (χ2n) is 4.15. The molecule has 0 radical (unpaired) electrons. The van der Waals surface area contributed by atoms with Crippen molar-refractivity contribution in [1.82, 2.24) is 4.98 Å². The molecular formula is C14H11FN2O3. The van der Waals surface area contributed by atoms with Crippen molar-refractivity contribution in [3.63, 3.8) is 0 Å². The summed E-state index contributed by atoms with van der Waals surface area (Å²) in [5, 5.41) is 11.2. The minimum absolute atomic E-state index is 0.0517. The summed E-state index contributed by atoms with van der Waals surface area (Å²) in [7, 11) is 0. The van der Waals surface area contributed by atoms with Gasteiger partial charge in [-0.1, -0.05) is 17.7 Å². The van der Waals surface area contributed by atoms with E-state index >= 15 is 0 Å². The summed E-state index contributed by atoms with van der Waals surface area (Å²) in [6.07, 6.45) is 0. The molecule has 0 fully saturated rings. The Balaban J connectivity index is 2.25. The molecule has 2 aromatic rings. The van der Waals surface area contributed by atoms with E-state index < -0.39 is 17.7 Å². The fourth-order valence-electron chi connectivity index (χ4n) is 1.62. The van der Waals surface area contributed by atoms with Crippen LogP contribution in [0.15, 0.2) is 36.4 Å². The number of anilines is 1. The number of hydrogen-bond acceptors (Lipinski definition) is 3. The molecule has 0 saturated heterocycles. The van der Waals surface area contributed by atoms with Crippen LogP contribution in [0.2, 0.25) is 0 Å². The fourth-order valence-corrected chi connectivity index (χ4v) is 1.62. The van der Waals surface area contributed by atoms with Crippen LogP contribution in [0.4, 0.5) is 10.2 Å². The van der Waals surface area contributed by atoms with Crippen LogP contribution in [0, 0.1) is 12.7 Å². The normalized spacial score (nSPS) is 10.1. The van der Waals surface area contributed by atoms with Crippen molar-refractivity contribution in [3.8, 4) is 0 Å². The van der Waals surface area contributed by atoms with E-state index in [1.54, 1.807) is 13.0 Å². The van der Waals surface area contributed by atoms with E-state index in [2.05, 4.69) is 10.3 Å². The van der Waals surface area contributed by atoms with Crippen LogP contribution >= 0.6 is 0 Å². The Hall–Kier alpha value is -2.76. The molecule has 2 N–H and O–H groups in total. The Kier molecular flexibility index (Phi) is 3.74. The summed E-state index contributed by atoms with van der Waals surface area (Å²) >= 11 is 0. The minimum atomic E-state index is -1.21. The standard InChI is InChI=1S/C14H11FN2O3/c1-8-5-6-10(15)9(7-8)13(18)17-12-4-2-3-11(16-12)14(19)20/h2-7H,1H3,(H,19,20)(H,16,17,18). The number of hydrogen-bond donors (Lipinski definition) is 2. The quantitative estimate of drug-likeness (QED) is 0.901. The van der Waals surface area contributed by atoms with Gasteiger partial charge in [-0.15, -0.1) is 0 Å². The third kappa shape index (κ3) is 2.97. The summed E-state index contributed by atoms with van der Waals surface area (Å²) in [5.74, 6) is -2.48. The van der Waals surface area contributed by atoms with Crippen molar-refractivity contribution in [2.45, 2.75) is 6.92 Å². The number of carbonyl (C=O) groups excluding carboxylic acids is 1. The lowest BCUT2D eigenvalue weighted by Gasteiger charge is -2.06. The summed E-state index contributed by atoms with van der Waals surface area (Å²) < 4.78 is 13.6. The summed E-state index contributed by atoms with van der Waals surface area (Å²) in [5.41, 5.74) is 0.420. The Morgan fingerprint density at radius 2 is 2.00 bits per heavy atom. The van der Waals surface area contributed by atoms with Gasteiger partial charge in [0.15, 0.2) is 5.69 Å². The van der Waals surface area contributed by atoms with E-state index in [0.717, 1.165) is 5.56 Å². The van der Waals surface area contributed by atoms with Gasteiger partial charge in [-0.05, 0) is 31.2 Å². The number of pyridine rings is 1. The number of halogens is 1. The molecule has 6 heteroatoms. The van der Waals surface area contributed by atoms with E-state index in [-0.39, 0.29) is 17.1 Å². The van der Waals surface area contributed by atoms with Gasteiger partial charge in [0.05, 0.1) is 5.56 Å². The van der Waals surface area contributed by atoms with Crippen molar-refractivity contribution in [3.05, 3.63) is 59.0 Å².